The van der Waals surface area contributed by atoms with Crippen molar-refractivity contribution in [3.05, 3.63) is 126 Å². The third-order valence-corrected chi connectivity index (χ3v) is 8.23. The van der Waals surface area contributed by atoms with Crippen molar-refractivity contribution in [3.8, 4) is 0 Å². The fraction of sp³-hybridized carbons (Fsp3) is 0.138. The Hall–Kier alpha value is -3.22. The summed E-state index contributed by atoms with van der Waals surface area (Å²) < 4.78 is 6.05. The highest BCUT2D eigenvalue weighted by Crippen LogP contribution is 2.34. The van der Waals surface area contributed by atoms with E-state index in [0.29, 0.717) is 6.61 Å². The van der Waals surface area contributed by atoms with Gasteiger partial charge in [-0.25, -0.2) is 4.99 Å². The Morgan fingerprint density at radius 1 is 0.688 bits per heavy atom. The summed E-state index contributed by atoms with van der Waals surface area (Å²) in [5.74, 6) is 0.856. The van der Waals surface area contributed by atoms with Gasteiger partial charge in [-0.3, -0.25) is 0 Å². The number of aliphatic imine (C=N–C) groups is 1. The van der Waals surface area contributed by atoms with Gasteiger partial charge < -0.3 is 4.74 Å². The first-order valence-electron chi connectivity index (χ1n) is 11.1. The van der Waals surface area contributed by atoms with E-state index in [9.17, 15) is 0 Å². The molecule has 1 atom stereocenters. The summed E-state index contributed by atoms with van der Waals surface area (Å²) in [5.41, 5.74) is 2.61. The minimum absolute atomic E-state index is 0.198. The molecule has 1 aliphatic rings. The van der Waals surface area contributed by atoms with Crippen LogP contribution in [0.15, 0.2) is 120 Å². The van der Waals surface area contributed by atoms with E-state index in [4.69, 9.17) is 9.73 Å². The average molecular weight is 436 g/mol. The lowest BCUT2D eigenvalue weighted by Crippen LogP contribution is -2.24. The monoisotopic (exact) mass is 435 g/mol. The molecule has 3 heteroatoms. The summed E-state index contributed by atoms with van der Waals surface area (Å²) in [7, 11) is -0.648. The van der Waals surface area contributed by atoms with Crippen molar-refractivity contribution in [1.82, 2.24) is 0 Å². The Balaban J connectivity index is 1.44. The third-order valence-electron chi connectivity index (χ3n) is 5.69. The van der Waals surface area contributed by atoms with Crippen molar-refractivity contribution in [2.45, 2.75) is 18.9 Å². The van der Waals surface area contributed by atoms with Gasteiger partial charge in [0, 0.05) is 6.42 Å². The van der Waals surface area contributed by atoms with E-state index in [1.165, 1.54) is 27.0 Å². The van der Waals surface area contributed by atoms with Crippen LogP contribution in [0, 0.1) is 0 Å². The minimum Gasteiger partial charge on any atom is -0.478 e. The predicted molar refractivity (Wildman–Crippen MR) is 136 cm³/mol. The van der Waals surface area contributed by atoms with Crippen LogP contribution in [0.2, 0.25) is 0 Å². The summed E-state index contributed by atoms with van der Waals surface area (Å²) in [5, 5.41) is 4.09. The molecule has 0 saturated carbocycles. The van der Waals surface area contributed by atoms with Gasteiger partial charge in [0.2, 0.25) is 0 Å². The first-order valence-corrected chi connectivity index (χ1v) is 12.4. The van der Waals surface area contributed by atoms with E-state index < -0.39 is 7.92 Å². The maximum atomic E-state index is 6.05. The molecule has 0 N–H and O–H groups in total. The van der Waals surface area contributed by atoms with Crippen LogP contribution in [-0.4, -0.2) is 18.5 Å². The molecule has 0 saturated heterocycles. The molecule has 0 amide bonds. The van der Waals surface area contributed by atoms with E-state index in [2.05, 4.69) is 115 Å². The zero-order valence-electron chi connectivity index (χ0n) is 18.0. The van der Waals surface area contributed by atoms with Crippen LogP contribution in [0.4, 0.5) is 0 Å². The molecule has 0 radical (unpaired) electrons. The fourth-order valence-corrected chi connectivity index (χ4v) is 6.65. The van der Waals surface area contributed by atoms with Crippen LogP contribution in [0.25, 0.3) is 0 Å². The second-order valence-electron chi connectivity index (χ2n) is 7.99. The largest absolute Gasteiger partial charge is 0.478 e. The number of hydrogen-bond donors (Lipinski definition) is 0. The van der Waals surface area contributed by atoms with Crippen LogP contribution in [0.1, 0.15) is 11.1 Å². The number of nitrogens with zero attached hydrogens (tertiary/aromatic N) is 1. The Morgan fingerprint density at radius 2 is 1.25 bits per heavy atom. The van der Waals surface area contributed by atoms with Gasteiger partial charge in [0.1, 0.15) is 6.61 Å². The van der Waals surface area contributed by atoms with Crippen molar-refractivity contribution < 1.29 is 4.74 Å². The molecule has 0 spiro atoms. The molecule has 0 aliphatic carbocycles. The Morgan fingerprint density at radius 3 is 1.91 bits per heavy atom. The molecule has 0 fully saturated rings. The topological polar surface area (TPSA) is 21.6 Å². The van der Waals surface area contributed by atoms with E-state index in [1.807, 2.05) is 0 Å². The lowest BCUT2D eigenvalue weighted by Gasteiger charge is -2.22. The van der Waals surface area contributed by atoms with Gasteiger partial charge in [0.15, 0.2) is 5.90 Å². The standard InChI is InChI=1S/C29H26NOP/c1-4-12-23(13-5-1)20-25-22-31-29(30-25)21-24-14-10-11-19-28(24)32(26-15-6-2-7-16-26)27-17-8-3-9-18-27/h1-19,25H,20-22H2/t25-/m0/s1. The van der Waals surface area contributed by atoms with Crippen molar-refractivity contribution in [1.29, 1.82) is 0 Å². The summed E-state index contributed by atoms with van der Waals surface area (Å²) in [4.78, 5) is 4.93. The third kappa shape index (κ3) is 4.82. The maximum absolute atomic E-state index is 6.05. The van der Waals surface area contributed by atoms with Crippen molar-refractivity contribution in [2.75, 3.05) is 6.61 Å². The molecule has 5 rings (SSSR count). The van der Waals surface area contributed by atoms with Gasteiger partial charge in [-0.2, -0.15) is 0 Å². The Kier molecular flexibility index (Phi) is 6.42. The molecule has 2 nitrogen and oxygen atoms in total. The molecular formula is C29H26NOP. The molecule has 0 unspecified atom stereocenters. The van der Waals surface area contributed by atoms with Gasteiger partial charge in [0.05, 0.1) is 6.04 Å². The summed E-state index contributed by atoms with van der Waals surface area (Å²) >= 11 is 0. The first-order chi connectivity index (χ1) is 15.9. The van der Waals surface area contributed by atoms with E-state index in [0.717, 1.165) is 18.7 Å². The predicted octanol–water partition coefficient (Wildman–Crippen LogP) is 5.03. The SMILES string of the molecule is c1ccc(C[C@H]2COC(Cc3ccccc3P(c3ccccc3)c3ccccc3)=N2)cc1. The van der Waals surface area contributed by atoms with E-state index >= 15 is 0 Å². The summed E-state index contributed by atoms with van der Waals surface area (Å²) in [6.07, 6.45) is 1.66. The van der Waals surface area contributed by atoms with E-state index in [1.54, 1.807) is 0 Å². The molecule has 1 aliphatic heterocycles. The van der Waals surface area contributed by atoms with Crippen LogP contribution in [-0.2, 0) is 17.6 Å². The van der Waals surface area contributed by atoms with Crippen LogP contribution >= 0.6 is 7.92 Å². The van der Waals surface area contributed by atoms with Crippen molar-refractivity contribution in [3.63, 3.8) is 0 Å². The highest BCUT2D eigenvalue weighted by Gasteiger charge is 2.23. The highest BCUT2D eigenvalue weighted by molar-refractivity contribution is 7.79. The Bertz CT molecular complexity index is 1140. The smallest absolute Gasteiger partial charge is 0.188 e. The second-order valence-corrected chi connectivity index (χ2v) is 10.2. The van der Waals surface area contributed by atoms with Gasteiger partial charge in [-0.05, 0) is 41.4 Å². The van der Waals surface area contributed by atoms with Crippen molar-refractivity contribution >= 4 is 29.7 Å². The Labute approximate surface area is 191 Å². The number of hydrogen-bond acceptors (Lipinski definition) is 2. The van der Waals surface area contributed by atoms with E-state index in [-0.39, 0.29) is 6.04 Å². The van der Waals surface area contributed by atoms with Gasteiger partial charge in [-0.15, -0.1) is 0 Å². The molecule has 4 aromatic carbocycles. The van der Waals surface area contributed by atoms with Gasteiger partial charge >= 0.3 is 0 Å². The molecule has 1 heterocycles. The maximum Gasteiger partial charge on any atom is 0.188 e. The second kappa shape index (κ2) is 9.94. The van der Waals surface area contributed by atoms with Crippen LogP contribution in [0.3, 0.4) is 0 Å². The van der Waals surface area contributed by atoms with Crippen LogP contribution < -0.4 is 15.9 Å². The van der Waals surface area contributed by atoms with Crippen LogP contribution in [0.5, 0.6) is 0 Å². The molecule has 32 heavy (non-hydrogen) atoms. The molecule has 158 valence electrons. The van der Waals surface area contributed by atoms with Gasteiger partial charge in [0.25, 0.3) is 0 Å². The normalized spacial score (nSPS) is 15.4. The minimum atomic E-state index is -0.648. The number of ether oxygens (including phenoxy) is 1. The number of benzene rings is 4. The lowest BCUT2D eigenvalue weighted by atomic mass is 10.1. The molecule has 4 aromatic rings. The first kappa shape index (κ1) is 20.7. The van der Waals surface area contributed by atoms with Gasteiger partial charge in [-0.1, -0.05) is 115 Å². The highest BCUT2D eigenvalue weighted by atomic mass is 31.1. The summed E-state index contributed by atoms with van der Waals surface area (Å²) in [6, 6.07) is 41.2. The number of rotatable bonds is 7. The summed E-state index contributed by atoms with van der Waals surface area (Å²) in [6.45, 7) is 0.665. The quantitative estimate of drug-likeness (QED) is 0.373. The average Bonchev–Trinajstić information content (AvgIpc) is 3.29. The molecule has 0 bridgehead atoms. The molecule has 0 aromatic heterocycles. The molecular weight excluding hydrogens is 409 g/mol. The zero-order chi connectivity index (χ0) is 21.6. The zero-order valence-corrected chi connectivity index (χ0v) is 18.9. The van der Waals surface area contributed by atoms with Crippen molar-refractivity contribution in [2.24, 2.45) is 4.99 Å². The lowest BCUT2D eigenvalue weighted by molar-refractivity contribution is 0.311. The fourth-order valence-electron chi connectivity index (χ4n) is 4.18.